The lowest BCUT2D eigenvalue weighted by molar-refractivity contribution is -0.0241. The van der Waals surface area contributed by atoms with Gasteiger partial charge in [0.25, 0.3) is 0 Å². The summed E-state index contributed by atoms with van der Waals surface area (Å²) in [6.07, 6.45) is -6.48. The SMILES string of the molecule is Nc1nc(F)nn2c(C3O[C@H](CO)[C@@H](O)[C@H]3F)ccc12. The highest BCUT2D eigenvalue weighted by Crippen LogP contribution is 2.36. The van der Waals surface area contributed by atoms with Crippen LogP contribution >= 0.6 is 0 Å². The van der Waals surface area contributed by atoms with E-state index in [0.717, 1.165) is 4.52 Å². The molecule has 3 heterocycles. The van der Waals surface area contributed by atoms with Gasteiger partial charge in [0.15, 0.2) is 12.0 Å². The second-order valence-electron chi connectivity index (χ2n) is 4.53. The first kappa shape index (κ1) is 13.2. The molecule has 2 aromatic heterocycles. The minimum atomic E-state index is -1.76. The molecule has 108 valence electrons. The number of ether oxygens (including phenoxy) is 1. The molecule has 1 aliphatic rings. The van der Waals surface area contributed by atoms with Crippen molar-refractivity contribution in [2.24, 2.45) is 0 Å². The van der Waals surface area contributed by atoms with Crippen LogP contribution in [0.2, 0.25) is 0 Å². The van der Waals surface area contributed by atoms with Crippen molar-refractivity contribution in [3.8, 4) is 0 Å². The lowest BCUT2D eigenvalue weighted by Crippen LogP contribution is -2.30. The summed E-state index contributed by atoms with van der Waals surface area (Å²) in [5, 5.41) is 22.1. The van der Waals surface area contributed by atoms with E-state index in [1.807, 2.05) is 0 Å². The lowest BCUT2D eigenvalue weighted by Gasteiger charge is -2.12. The lowest BCUT2D eigenvalue weighted by atomic mass is 10.1. The van der Waals surface area contributed by atoms with E-state index in [-0.39, 0.29) is 11.5 Å². The van der Waals surface area contributed by atoms with Crippen molar-refractivity contribution < 1.29 is 23.7 Å². The van der Waals surface area contributed by atoms with Crippen LogP contribution in [0.3, 0.4) is 0 Å². The fourth-order valence-electron chi connectivity index (χ4n) is 2.34. The van der Waals surface area contributed by atoms with Gasteiger partial charge < -0.3 is 20.7 Å². The predicted octanol–water partition coefficient (Wildman–Crippen LogP) is -0.418. The van der Waals surface area contributed by atoms with E-state index in [1.165, 1.54) is 12.1 Å². The van der Waals surface area contributed by atoms with Gasteiger partial charge in [0, 0.05) is 0 Å². The molecule has 0 aromatic carbocycles. The van der Waals surface area contributed by atoms with Crippen LogP contribution in [0, 0.1) is 6.08 Å². The van der Waals surface area contributed by atoms with Gasteiger partial charge in [-0.05, 0) is 12.1 Å². The molecule has 0 bridgehead atoms. The van der Waals surface area contributed by atoms with Crippen LogP contribution < -0.4 is 5.73 Å². The normalized spacial score (nSPS) is 30.2. The minimum absolute atomic E-state index is 0.0867. The summed E-state index contributed by atoms with van der Waals surface area (Å²) in [6.45, 7) is -0.521. The number of fused-ring (bicyclic) bond motifs is 1. The van der Waals surface area contributed by atoms with E-state index in [4.69, 9.17) is 15.6 Å². The number of aliphatic hydroxyl groups is 2. The Balaban J connectivity index is 2.07. The number of halogens is 2. The summed E-state index contributed by atoms with van der Waals surface area (Å²) < 4.78 is 33.6. The molecule has 1 saturated heterocycles. The summed E-state index contributed by atoms with van der Waals surface area (Å²) in [7, 11) is 0. The fourth-order valence-corrected chi connectivity index (χ4v) is 2.34. The van der Waals surface area contributed by atoms with E-state index in [9.17, 15) is 13.9 Å². The second-order valence-corrected chi connectivity index (χ2v) is 4.53. The highest BCUT2D eigenvalue weighted by Gasteiger charge is 2.45. The van der Waals surface area contributed by atoms with Gasteiger partial charge in [-0.2, -0.15) is 9.37 Å². The molecule has 3 rings (SSSR count). The molecule has 9 heteroatoms. The van der Waals surface area contributed by atoms with Crippen molar-refractivity contribution in [3.05, 3.63) is 23.9 Å². The molecule has 4 N–H and O–H groups in total. The van der Waals surface area contributed by atoms with Crippen molar-refractivity contribution in [3.63, 3.8) is 0 Å². The van der Waals surface area contributed by atoms with Crippen molar-refractivity contribution in [2.45, 2.75) is 24.5 Å². The van der Waals surface area contributed by atoms with Crippen molar-refractivity contribution in [2.75, 3.05) is 12.3 Å². The Morgan fingerprint density at radius 3 is 2.85 bits per heavy atom. The molecule has 1 aliphatic heterocycles. The highest BCUT2D eigenvalue weighted by molar-refractivity contribution is 5.65. The van der Waals surface area contributed by atoms with Crippen molar-refractivity contribution in [1.82, 2.24) is 14.6 Å². The molecular formula is C11H12F2N4O3. The van der Waals surface area contributed by atoms with Crippen molar-refractivity contribution >= 4 is 11.3 Å². The summed E-state index contributed by atoms with van der Waals surface area (Å²) in [5.41, 5.74) is 6.04. The molecule has 0 radical (unpaired) electrons. The number of hydrogen-bond acceptors (Lipinski definition) is 6. The average molecular weight is 286 g/mol. The summed E-state index contributed by atoms with van der Waals surface area (Å²) >= 11 is 0. The number of alkyl halides is 1. The summed E-state index contributed by atoms with van der Waals surface area (Å²) in [6, 6.07) is 2.96. The molecule has 0 aliphatic carbocycles. The maximum Gasteiger partial charge on any atom is 0.327 e. The minimum Gasteiger partial charge on any atom is -0.394 e. The molecule has 0 saturated carbocycles. The van der Waals surface area contributed by atoms with Crippen LogP contribution in [-0.4, -0.2) is 49.8 Å². The molecule has 20 heavy (non-hydrogen) atoms. The number of nitrogen functional groups attached to an aromatic ring is 1. The third kappa shape index (κ3) is 1.82. The van der Waals surface area contributed by atoms with Crippen LogP contribution in [0.1, 0.15) is 11.8 Å². The van der Waals surface area contributed by atoms with Crippen molar-refractivity contribution in [1.29, 1.82) is 0 Å². The number of aliphatic hydroxyl groups excluding tert-OH is 2. The van der Waals surface area contributed by atoms with Crippen LogP contribution in [0.5, 0.6) is 0 Å². The van der Waals surface area contributed by atoms with Gasteiger partial charge in [-0.3, -0.25) is 0 Å². The number of aromatic nitrogens is 3. The van der Waals surface area contributed by atoms with Gasteiger partial charge in [-0.1, -0.05) is 0 Å². The predicted molar refractivity (Wildman–Crippen MR) is 63.0 cm³/mol. The first-order valence-electron chi connectivity index (χ1n) is 5.92. The molecular weight excluding hydrogens is 274 g/mol. The van der Waals surface area contributed by atoms with E-state index in [2.05, 4.69) is 10.1 Å². The third-order valence-corrected chi connectivity index (χ3v) is 3.33. The van der Waals surface area contributed by atoms with Gasteiger partial charge in [-0.25, -0.2) is 8.91 Å². The Labute approximate surface area is 111 Å². The first-order chi connectivity index (χ1) is 9.52. The zero-order valence-corrected chi connectivity index (χ0v) is 10.1. The zero-order valence-electron chi connectivity index (χ0n) is 10.1. The van der Waals surface area contributed by atoms with Crippen LogP contribution in [0.25, 0.3) is 5.52 Å². The summed E-state index contributed by atoms with van der Waals surface area (Å²) in [4.78, 5) is 3.36. The quantitative estimate of drug-likeness (QED) is 0.692. The smallest absolute Gasteiger partial charge is 0.327 e. The molecule has 7 nitrogen and oxygen atoms in total. The van der Waals surface area contributed by atoms with Gasteiger partial charge in [0.2, 0.25) is 0 Å². The number of hydrogen-bond donors (Lipinski definition) is 3. The topological polar surface area (TPSA) is 106 Å². The molecule has 0 amide bonds. The van der Waals surface area contributed by atoms with E-state index in [1.54, 1.807) is 0 Å². The Kier molecular flexibility index (Phi) is 3.04. The molecule has 0 spiro atoms. The van der Waals surface area contributed by atoms with Crippen LogP contribution in [0.4, 0.5) is 14.6 Å². The number of rotatable bonds is 2. The fraction of sp³-hybridized carbons (Fsp3) is 0.455. The van der Waals surface area contributed by atoms with Gasteiger partial charge in [-0.15, -0.1) is 5.10 Å². The van der Waals surface area contributed by atoms with Gasteiger partial charge in [0.1, 0.15) is 23.8 Å². The van der Waals surface area contributed by atoms with E-state index in [0.29, 0.717) is 5.52 Å². The Hall–Kier alpha value is -1.84. The first-order valence-corrected chi connectivity index (χ1v) is 5.92. The maximum absolute atomic E-state index is 14.0. The standard InChI is InChI=1S/C11H12F2N4O3/c12-7-8(19)6(3-18)20-9(7)4-1-2-5-10(14)15-11(13)16-17(4)5/h1-2,6-9,18-19H,3H2,(H2,14,15,16)/t6-,7-,8-,9?/m1/s1. The number of nitrogens with two attached hydrogens (primary N) is 1. The Morgan fingerprint density at radius 2 is 2.20 bits per heavy atom. The van der Waals surface area contributed by atoms with E-state index < -0.39 is 37.2 Å². The maximum atomic E-state index is 14.0. The Bertz CT molecular complexity index is 650. The largest absolute Gasteiger partial charge is 0.394 e. The van der Waals surface area contributed by atoms with Gasteiger partial charge in [0.05, 0.1) is 12.3 Å². The second kappa shape index (κ2) is 4.62. The van der Waals surface area contributed by atoms with E-state index >= 15 is 0 Å². The molecule has 1 fully saturated rings. The van der Waals surface area contributed by atoms with Crippen LogP contribution in [0.15, 0.2) is 12.1 Å². The molecule has 1 unspecified atom stereocenters. The molecule has 4 atom stereocenters. The van der Waals surface area contributed by atoms with Crippen LogP contribution in [-0.2, 0) is 4.74 Å². The number of anilines is 1. The Morgan fingerprint density at radius 1 is 1.45 bits per heavy atom. The molecule has 2 aromatic rings. The average Bonchev–Trinajstić information content (AvgIpc) is 2.93. The highest BCUT2D eigenvalue weighted by atomic mass is 19.1. The monoisotopic (exact) mass is 286 g/mol. The summed E-state index contributed by atoms with van der Waals surface area (Å²) in [5.74, 6) is -0.0867. The number of nitrogens with zero attached hydrogens (tertiary/aromatic N) is 3. The van der Waals surface area contributed by atoms with Gasteiger partial charge >= 0.3 is 6.08 Å². The third-order valence-electron chi connectivity index (χ3n) is 3.33. The zero-order chi connectivity index (χ0) is 14.4.